The maximum absolute atomic E-state index is 11.7. The Labute approximate surface area is 94.6 Å². The van der Waals surface area contributed by atoms with E-state index >= 15 is 0 Å². The fourth-order valence-electron chi connectivity index (χ4n) is 1.03. The Balaban J connectivity index is 3.78. The summed E-state index contributed by atoms with van der Waals surface area (Å²) < 4.78 is 22.8. The van der Waals surface area contributed by atoms with Crippen molar-refractivity contribution < 1.29 is 8.42 Å². The first-order valence-corrected chi connectivity index (χ1v) is 7.25. The van der Waals surface area contributed by atoms with Crippen molar-refractivity contribution in [1.29, 1.82) is 0 Å². The van der Waals surface area contributed by atoms with Crippen LogP contribution in [0.3, 0.4) is 0 Å². The highest BCUT2D eigenvalue weighted by atomic mass is 32.2. The molecule has 0 aliphatic heterocycles. The molecule has 15 heavy (non-hydrogen) atoms. The molecule has 0 rings (SSSR count). The highest BCUT2D eigenvalue weighted by Crippen LogP contribution is 2.15. The van der Waals surface area contributed by atoms with Crippen molar-refractivity contribution in [3.8, 4) is 0 Å². The lowest BCUT2D eigenvalue weighted by molar-refractivity contribution is 0.535. The summed E-state index contributed by atoms with van der Waals surface area (Å²) in [5.74, 6) is 0.894. The number of sulfone groups is 1. The van der Waals surface area contributed by atoms with Gasteiger partial charge in [0, 0.05) is 6.54 Å². The first kappa shape index (κ1) is 14.9. The van der Waals surface area contributed by atoms with E-state index in [-0.39, 0.29) is 5.75 Å². The SMILES string of the molecule is CC(C)CCNCCS(=O)(=O)C(C)(C)C. The van der Waals surface area contributed by atoms with Gasteiger partial charge in [0.15, 0.2) is 9.84 Å². The van der Waals surface area contributed by atoms with Crippen LogP contribution in [0.1, 0.15) is 41.0 Å². The number of rotatable bonds is 6. The Hall–Kier alpha value is -0.0900. The van der Waals surface area contributed by atoms with Crippen LogP contribution in [0.4, 0.5) is 0 Å². The van der Waals surface area contributed by atoms with Crippen molar-refractivity contribution in [1.82, 2.24) is 5.32 Å². The first-order chi connectivity index (χ1) is 6.67. The quantitative estimate of drug-likeness (QED) is 0.715. The highest BCUT2D eigenvalue weighted by molar-refractivity contribution is 7.92. The van der Waals surface area contributed by atoms with Crippen molar-refractivity contribution in [2.75, 3.05) is 18.8 Å². The Bertz CT molecular complexity index is 263. The van der Waals surface area contributed by atoms with Crippen molar-refractivity contribution >= 4 is 9.84 Å². The van der Waals surface area contributed by atoms with Crippen LogP contribution >= 0.6 is 0 Å². The van der Waals surface area contributed by atoms with Gasteiger partial charge in [0.2, 0.25) is 0 Å². The number of nitrogens with one attached hydrogen (secondary N) is 1. The second-order valence-electron chi connectivity index (χ2n) is 5.36. The van der Waals surface area contributed by atoms with E-state index < -0.39 is 14.6 Å². The summed E-state index contributed by atoms with van der Waals surface area (Å²) in [6, 6.07) is 0. The van der Waals surface area contributed by atoms with Crippen LogP contribution in [0.2, 0.25) is 0 Å². The van der Waals surface area contributed by atoms with Gasteiger partial charge in [0.05, 0.1) is 10.5 Å². The third-order valence-corrected chi connectivity index (χ3v) is 4.99. The Morgan fingerprint density at radius 1 is 1.13 bits per heavy atom. The molecule has 0 heterocycles. The van der Waals surface area contributed by atoms with Gasteiger partial charge >= 0.3 is 0 Å². The van der Waals surface area contributed by atoms with Gasteiger partial charge < -0.3 is 5.32 Å². The molecule has 0 aromatic carbocycles. The van der Waals surface area contributed by atoms with Crippen molar-refractivity contribution in [3.05, 3.63) is 0 Å². The molecule has 1 N–H and O–H groups in total. The zero-order valence-corrected chi connectivity index (χ0v) is 11.4. The Morgan fingerprint density at radius 3 is 2.07 bits per heavy atom. The molecule has 0 unspecified atom stereocenters. The summed E-state index contributed by atoms with van der Waals surface area (Å²) >= 11 is 0. The molecule has 4 heteroatoms. The molecule has 0 spiro atoms. The molecule has 0 saturated heterocycles. The van der Waals surface area contributed by atoms with Crippen LogP contribution in [0.25, 0.3) is 0 Å². The smallest absolute Gasteiger partial charge is 0.156 e. The van der Waals surface area contributed by atoms with Crippen molar-refractivity contribution in [2.24, 2.45) is 5.92 Å². The summed E-state index contributed by atoms with van der Waals surface area (Å²) in [5, 5.41) is 3.17. The number of hydrogen-bond acceptors (Lipinski definition) is 3. The van der Waals surface area contributed by atoms with Crippen LogP contribution in [0.15, 0.2) is 0 Å². The Morgan fingerprint density at radius 2 is 1.67 bits per heavy atom. The zero-order valence-electron chi connectivity index (χ0n) is 10.6. The minimum Gasteiger partial charge on any atom is -0.316 e. The monoisotopic (exact) mass is 235 g/mol. The molecule has 0 aliphatic carbocycles. The van der Waals surface area contributed by atoms with Crippen molar-refractivity contribution in [2.45, 2.75) is 45.8 Å². The van der Waals surface area contributed by atoms with Crippen molar-refractivity contribution in [3.63, 3.8) is 0 Å². The maximum Gasteiger partial charge on any atom is 0.156 e. The lowest BCUT2D eigenvalue weighted by Crippen LogP contribution is -2.35. The number of hydrogen-bond donors (Lipinski definition) is 1. The molecule has 92 valence electrons. The second-order valence-corrected chi connectivity index (χ2v) is 8.23. The van der Waals surface area contributed by atoms with E-state index in [1.165, 1.54) is 0 Å². The van der Waals surface area contributed by atoms with E-state index in [0.717, 1.165) is 13.0 Å². The minimum atomic E-state index is -2.96. The molecular weight excluding hydrogens is 210 g/mol. The molecule has 0 bridgehead atoms. The molecule has 0 aliphatic rings. The van der Waals surface area contributed by atoms with E-state index in [9.17, 15) is 8.42 Å². The summed E-state index contributed by atoms with van der Waals surface area (Å²) in [6.07, 6.45) is 1.09. The average Bonchev–Trinajstić information content (AvgIpc) is 2.00. The maximum atomic E-state index is 11.7. The van der Waals surface area contributed by atoms with E-state index in [4.69, 9.17) is 0 Å². The van der Waals surface area contributed by atoms with E-state index in [0.29, 0.717) is 12.5 Å². The highest BCUT2D eigenvalue weighted by Gasteiger charge is 2.27. The summed E-state index contributed by atoms with van der Waals surface area (Å²) in [6.45, 7) is 11.0. The van der Waals surface area contributed by atoms with Crippen LogP contribution in [0.5, 0.6) is 0 Å². The van der Waals surface area contributed by atoms with Crippen LogP contribution in [-0.2, 0) is 9.84 Å². The van der Waals surface area contributed by atoms with Crippen LogP contribution in [0, 0.1) is 5.92 Å². The van der Waals surface area contributed by atoms with Gasteiger partial charge in [-0.3, -0.25) is 0 Å². The van der Waals surface area contributed by atoms with E-state index in [1.807, 2.05) is 0 Å². The molecule has 0 amide bonds. The van der Waals surface area contributed by atoms with E-state index in [2.05, 4.69) is 19.2 Å². The third kappa shape index (κ3) is 6.15. The summed E-state index contributed by atoms with van der Waals surface area (Å²) in [7, 11) is -2.96. The molecule has 0 atom stereocenters. The standard InChI is InChI=1S/C11H25NO2S/c1-10(2)6-7-12-8-9-15(13,14)11(3,4)5/h10,12H,6-9H2,1-5H3. The fraction of sp³-hybridized carbons (Fsp3) is 1.00. The molecule has 0 radical (unpaired) electrons. The first-order valence-electron chi connectivity index (χ1n) is 5.60. The van der Waals surface area contributed by atoms with Gasteiger partial charge in [-0.05, 0) is 39.7 Å². The molecular formula is C11H25NO2S. The molecule has 0 aromatic rings. The third-order valence-electron chi connectivity index (χ3n) is 2.38. The summed E-state index contributed by atoms with van der Waals surface area (Å²) in [5.41, 5.74) is 0. The van der Waals surface area contributed by atoms with Gasteiger partial charge in [-0.1, -0.05) is 13.8 Å². The largest absolute Gasteiger partial charge is 0.316 e. The topological polar surface area (TPSA) is 46.2 Å². The predicted octanol–water partition coefficient (Wildman–Crippen LogP) is 1.84. The lowest BCUT2D eigenvalue weighted by Gasteiger charge is -2.19. The zero-order chi connectivity index (χ0) is 12.1. The average molecular weight is 235 g/mol. The summed E-state index contributed by atoms with van der Waals surface area (Å²) in [4.78, 5) is 0. The lowest BCUT2D eigenvalue weighted by atomic mass is 10.1. The van der Waals surface area contributed by atoms with Crippen LogP contribution < -0.4 is 5.32 Å². The molecule has 0 fully saturated rings. The second kappa shape index (κ2) is 5.85. The van der Waals surface area contributed by atoms with E-state index in [1.54, 1.807) is 20.8 Å². The molecule has 0 saturated carbocycles. The van der Waals surface area contributed by atoms with Gasteiger partial charge in [0.1, 0.15) is 0 Å². The Kier molecular flexibility index (Phi) is 5.81. The molecule has 3 nitrogen and oxygen atoms in total. The van der Waals surface area contributed by atoms with Gasteiger partial charge in [-0.2, -0.15) is 0 Å². The normalized spacial score (nSPS) is 13.5. The molecule has 0 aromatic heterocycles. The predicted molar refractivity (Wildman–Crippen MR) is 65.9 cm³/mol. The van der Waals surface area contributed by atoms with Gasteiger partial charge in [-0.25, -0.2) is 8.42 Å². The van der Waals surface area contributed by atoms with Gasteiger partial charge in [-0.15, -0.1) is 0 Å². The van der Waals surface area contributed by atoms with Gasteiger partial charge in [0.25, 0.3) is 0 Å². The minimum absolute atomic E-state index is 0.231. The van der Waals surface area contributed by atoms with Crippen LogP contribution in [-0.4, -0.2) is 32.0 Å². The fourth-order valence-corrected chi connectivity index (χ4v) is 2.05.